The Morgan fingerprint density at radius 1 is 1.17 bits per heavy atom. The van der Waals surface area contributed by atoms with E-state index in [1.807, 2.05) is 36.5 Å². The standard InChI is InChI=1S/C13H11N3OS/c1-17-10-4-2-3-5-11(10)18-13-9-6-7-14-12(9)15-8-16-13/h2-8H,1H3,(H,14,15,16). The number of nitrogens with one attached hydrogen (secondary N) is 1. The molecule has 0 aliphatic carbocycles. The molecule has 4 nitrogen and oxygen atoms in total. The van der Waals surface area contributed by atoms with E-state index in [1.165, 1.54) is 0 Å². The smallest absolute Gasteiger partial charge is 0.141 e. The first-order valence-electron chi connectivity index (χ1n) is 5.47. The van der Waals surface area contributed by atoms with E-state index in [1.54, 1.807) is 25.2 Å². The number of fused-ring (bicyclic) bond motifs is 1. The van der Waals surface area contributed by atoms with Gasteiger partial charge in [-0.05, 0) is 18.2 Å². The SMILES string of the molecule is COc1ccccc1Sc1ncnc2[nH]ccc12. The third-order valence-electron chi connectivity index (χ3n) is 2.59. The van der Waals surface area contributed by atoms with Crippen molar-refractivity contribution in [3.8, 4) is 5.75 Å². The topological polar surface area (TPSA) is 50.8 Å². The molecule has 0 unspecified atom stereocenters. The molecule has 3 aromatic rings. The lowest BCUT2D eigenvalue weighted by molar-refractivity contribution is 0.405. The molecule has 18 heavy (non-hydrogen) atoms. The quantitative estimate of drug-likeness (QED) is 0.732. The molecule has 0 saturated carbocycles. The van der Waals surface area contributed by atoms with Crippen molar-refractivity contribution >= 4 is 22.8 Å². The summed E-state index contributed by atoms with van der Waals surface area (Å²) in [6.07, 6.45) is 3.43. The molecule has 90 valence electrons. The number of nitrogens with zero attached hydrogens (tertiary/aromatic N) is 2. The van der Waals surface area contributed by atoms with Gasteiger partial charge < -0.3 is 9.72 Å². The van der Waals surface area contributed by atoms with Gasteiger partial charge in [-0.25, -0.2) is 9.97 Å². The van der Waals surface area contributed by atoms with Crippen LogP contribution >= 0.6 is 11.8 Å². The molecule has 0 bridgehead atoms. The molecule has 0 spiro atoms. The van der Waals surface area contributed by atoms with Crippen LogP contribution in [0.15, 0.2) is 52.8 Å². The summed E-state index contributed by atoms with van der Waals surface area (Å²) in [5.74, 6) is 0.852. The van der Waals surface area contributed by atoms with Gasteiger partial charge in [-0.15, -0.1) is 0 Å². The third kappa shape index (κ3) is 1.93. The summed E-state index contributed by atoms with van der Waals surface area (Å²) in [7, 11) is 1.67. The third-order valence-corrected chi connectivity index (χ3v) is 3.67. The molecule has 2 aromatic heterocycles. The van der Waals surface area contributed by atoms with E-state index in [-0.39, 0.29) is 0 Å². The summed E-state index contributed by atoms with van der Waals surface area (Å²) in [4.78, 5) is 12.6. The molecular weight excluding hydrogens is 246 g/mol. The Balaban J connectivity index is 2.04. The maximum Gasteiger partial charge on any atom is 0.141 e. The largest absolute Gasteiger partial charge is 0.496 e. The molecule has 0 atom stereocenters. The number of rotatable bonds is 3. The van der Waals surface area contributed by atoms with E-state index < -0.39 is 0 Å². The first-order valence-corrected chi connectivity index (χ1v) is 6.29. The molecule has 1 aromatic carbocycles. The zero-order valence-electron chi connectivity index (χ0n) is 9.75. The molecule has 2 heterocycles. The molecular formula is C13H11N3OS. The number of ether oxygens (including phenoxy) is 1. The second-order valence-corrected chi connectivity index (χ2v) is 4.70. The van der Waals surface area contributed by atoms with Gasteiger partial charge in [0.25, 0.3) is 0 Å². The predicted molar refractivity (Wildman–Crippen MR) is 71.0 cm³/mol. The Hall–Kier alpha value is -2.01. The van der Waals surface area contributed by atoms with Gasteiger partial charge in [0.15, 0.2) is 0 Å². The number of benzene rings is 1. The number of para-hydroxylation sites is 1. The molecule has 5 heteroatoms. The van der Waals surface area contributed by atoms with Crippen LogP contribution in [0.4, 0.5) is 0 Å². The molecule has 0 aliphatic rings. The van der Waals surface area contributed by atoms with Gasteiger partial charge in [-0.2, -0.15) is 0 Å². The fraction of sp³-hybridized carbons (Fsp3) is 0.0769. The highest BCUT2D eigenvalue weighted by molar-refractivity contribution is 7.99. The molecule has 0 saturated heterocycles. The van der Waals surface area contributed by atoms with Crippen molar-refractivity contribution in [2.45, 2.75) is 9.92 Å². The van der Waals surface area contributed by atoms with E-state index in [0.717, 1.165) is 26.7 Å². The van der Waals surface area contributed by atoms with Gasteiger partial charge in [-0.3, -0.25) is 0 Å². The highest BCUT2D eigenvalue weighted by atomic mass is 32.2. The van der Waals surface area contributed by atoms with Crippen LogP contribution in [-0.2, 0) is 0 Å². The fourth-order valence-electron chi connectivity index (χ4n) is 1.74. The predicted octanol–water partition coefficient (Wildman–Crippen LogP) is 3.12. The van der Waals surface area contributed by atoms with Gasteiger partial charge in [-0.1, -0.05) is 23.9 Å². The van der Waals surface area contributed by atoms with E-state index in [9.17, 15) is 0 Å². The Morgan fingerprint density at radius 3 is 2.94 bits per heavy atom. The van der Waals surface area contributed by atoms with Crippen LogP contribution in [0, 0.1) is 0 Å². The van der Waals surface area contributed by atoms with E-state index >= 15 is 0 Å². The Kier molecular flexibility index (Phi) is 2.90. The summed E-state index contributed by atoms with van der Waals surface area (Å²) in [6.45, 7) is 0. The lowest BCUT2D eigenvalue weighted by Crippen LogP contribution is -1.88. The Bertz CT molecular complexity index is 681. The van der Waals surface area contributed by atoms with Crippen LogP contribution in [0.2, 0.25) is 0 Å². The highest BCUT2D eigenvalue weighted by Crippen LogP contribution is 2.36. The monoisotopic (exact) mass is 257 g/mol. The zero-order valence-corrected chi connectivity index (χ0v) is 10.6. The minimum Gasteiger partial charge on any atom is -0.496 e. The molecule has 0 radical (unpaired) electrons. The van der Waals surface area contributed by atoms with Gasteiger partial charge in [0.2, 0.25) is 0 Å². The van der Waals surface area contributed by atoms with Gasteiger partial charge in [0, 0.05) is 6.20 Å². The van der Waals surface area contributed by atoms with Crippen LogP contribution in [-0.4, -0.2) is 22.1 Å². The summed E-state index contributed by atoms with van der Waals surface area (Å²) >= 11 is 1.58. The van der Waals surface area contributed by atoms with Crippen LogP contribution in [0.25, 0.3) is 11.0 Å². The highest BCUT2D eigenvalue weighted by Gasteiger charge is 2.09. The number of hydrogen-bond acceptors (Lipinski definition) is 4. The minimum atomic E-state index is 0.849. The van der Waals surface area contributed by atoms with Crippen molar-refractivity contribution in [1.29, 1.82) is 0 Å². The first-order chi connectivity index (χ1) is 8.88. The van der Waals surface area contributed by atoms with Crippen molar-refractivity contribution in [3.05, 3.63) is 42.9 Å². The number of hydrogen-bond donors (Lipinski definition) is 1. The molecule has 1 N–H and O–H groups in total. The summed E-state index contributed by atoms with van der Waals surface area (Å²) in [5.41, 5.74) is 0.849. The zero-order chi connectivity index (χ0) is 12.4. The second kappa shape index (κ2) is 4.70. The normalized spacial score (nSPS) is 10.7. The van der Waals surface area contributed by atoms with Crippen molar-refractivity contribution in [2.75, 3.05) is 7.11 Å². The number of H-pyrrole nitrogens is 1. The summed E-state index contributed by atoms with van der Waals surface area (Å²) in [5, 5.41) is 1.94. The Labute approximate surface area is 108 Å². The van der Waals surface area contributed by atoms with Crippen molar-refractivity contribution in [2.24, 2.45) is 0 Å². The van der Waals surface area contributed by atoms with Gasteiger partial charge >= 0.3 is 0 Å². The second-order valence-electron chi connectivity index (χ2n) is 3.67. The number of aromatic amines is 1. The van der Waals surface area contributed by atoms with Gasteiger partial charge in [0.05, 0.1) is 17.4 Å². The van der Waals surface area contributed by atoms with Crippen LogP contribution in [0.1, 0.15) is 0 Å². The fourth-order valence-corrected chi connectivity index (χ4v) is 2.72. The minimum absolute atomic E-state index is 0.849. The molecule has 0 amide bonds. The maximum absolute atomic E-state index is 5.34. The molecule has 0 aliphatic heterocycles. The number of aromatic nitrogens is 3. The Morgan fingerprint density at radius 2 is 2.06 bits per heavy atom. The van der Waals surface area contributed by atoms with Crippen LogP contribution in [0.5, 0.6) is 5.75 Å². The van der Waals surface area contributed by atoms with Gasteiger partial charge in [0.1, 0.15) is 22.7 Å². The van der Waals surface area contributed by atoms with Crippen LogP contribution in [0.3, 0.4) is 0 Å². The number of methoxy groups -OCH3 is 1. The lowest BCUT2D eigenvalue weighted by Gasteiger charge is -2.07. The maximum atomic E-state index is 5.34. The van der Waals surface area contributed by atoms with E-state index in [4.69, 9.17) is 4.74 Å². The van der Waals surface area contributed by atoms with Crippen LogP contribution < -0.4 is 4.74 Å². The van der Waals surface area contributed by atoms with Crippen molar-refractivity contribution in [1.82, 2.24) is 15.0 Å². The average Bonchev–Trinajstić information content (AvgIpc) is 2.89. The molecule has 0 fully saturated rings. The summed E-state index contributed by atoms with van der Waals surface area (Å²) < 4.78 is 5.34. The first kappa shape index (κ1) is 11.1. The lowest BCUT2D eigenvalue weighted by atomic mass is 10.3. The van der Waals surface area contributed by atoms with Crippen molar-refractivity contribution < 1.29 is 4.74 Å². The summed E-state index contributed by atoms with van der Waals surface area (Å²) in [6, 6.07) is 9.88. The average molecular weight is 257 g/mol. The molecule has 3 rings (SSSR count). The van der Waals surface area contributed by atoms with E-state index in [2.05, 4.69) is 15.0 Å². The van der Waals surface area contributed by atoms with Crippen molar-refractivity contribution in [3.63, 3.8) is 0 Å². The van der Waals surface area contributed by atoms with E-state index in [0.29, 0.717) is 0 Å².